The standard InChI is InChI=1S/C16H28N4O6/c1-6-12(20(23)24)13(14(21)19-7-9-25-10-8-19)11(2)17-18-15(22)26-16(3,4)5/h12-13H,6-10H2,1-5H3,(H,18,22)/b17-11+. The van der Waals surface area contributed by atoms with Crippen molar-refractivity contribution in [2.75, 3.05) is 26.3 Å². The van der Waals surface area contributed by atoms with Gasteiger partial charge in [-0.15, -0.1) is 0 Å². The maximum atomic E-state index is 12.9. The molecule has 1 N–H and O–H groups in total. The van der Waals surface area contributed by atoms with Gasteiger partial charge in [0.25, 0.3) is 0 Å². The summed E-state index contributed by atoms with van der Waals surface area (Å²) in [6, 6.07) is -1.13. The molecule has 1 saturated heterocycles. The summed E-state index contributed by atoms with van der Waals surface area (Å²) in [5, 5.41) is 15.3. The molecule has 0 aliphatic carbocycles. The molecule has 10 heteroatoms. The summed E-state index contributed by atoms with van der Waals surface area (Å²) < 4.78 is 10.3. The van der Waals surface area contributed by atoms with Crippen molar-refractivity contribution in [1.82, 2.24) is 10.3 Å². The second kappa shape index (κ2) is 9.46. The third-order valence-corrected chi connectivity index (χ3v) is 3.84. The van der Waals surface area contributed by atoms with E-state index in [4.69, 9.17) is 9.47 Å². The second-order valence-electron chi connectivity index (χ2n) is 7.04. The third kappa shape index (κ3) is 6.58. The van der Waals surface area contributed by atoms with Gasteiger partial charge in [-0.3, -0.25) is 14.9 Å². The van der Waals surface area contributed by atoms with Gasteiger partial charge < -0.3 is 14.4 Å². The van der Waals surface area contributed by atoms with Crippen molar-refractivity contribution in [1.29, 1.82) is 0 Å². The van der Waals surface area contributed by atoms with Gasteiger partial charge in [0.2, 0.25) is 11.9 Å². The number of ether oxygens (including phenoxy) is 2. The minimum atomic E-state index is -1.13. The fourth-order valence-electron chi connectivity index (χ4n) is 2.61. The van der Waals surface area contributed by atoms with Gasteiger partial charge in [0.05, 0.1) is 18.9 Å². The highest BCUT2D eigenvalue weighted by Crippen LogP contribution is 2.18. The zero-order valence-electron chi connectivity index (χ0n) is 16.0. The zero-order valence-corrected chi connectivity index (χ0v) is 16.0. The summed E-state index contributed by atoms with van der Waals surface area (Å²) in [5.41, 5.74) is 1.66. The molecule has 1 aliphatic heterocycles. The maximum Gasteiger partial charge on any atom is 0.428 e. The molecule has 148 valence electrons. The lowest BCUT2D eigenvalue weighted by Crippen LogP contribution is -2.50. The largest absolute Gasteiger partial charge is 0.443 e. The van der Waals surface area contributed by atoms with Gasteiger partial charge in [-0.25, -0.2) is 10.2 Å². The Kier molecular flexibility index (Phi) is 7.94. The fourth-order valence-corrected chi connectivity index (χ4v) is 2.61. The van der Waals surface area contributed by atoms with Crippen molar-refractivity contribution in [3.05, 3.63) is 10.1 Å². The average Bonchev–Trinajstić information content (AvgIpc) is 2.55. The number of nitrogens with one attached hydrogen (secondary N) is 1. The SMILES string of the molecule is CCC(C(C(=O)N1CCOCC1)/C(C)=N/NC(=O)OC(C)(C)C)[N+](=O)[O-]. The van der Waals surface area contributed by atoms with Gasteiger partial charge in [-0.1, -0.05) is 6.92 Å². The number of amides is 2. The van der Waals surface area contributed by atoms with E-state index in [1.165, 1.54) is 11.8 Å². The molecule has 0 spiro atoms. The van der Waals surface area contributed by atoms with E-state index in [1.807, 2.05) is 0 Å². The summed E-state index contributed by atoms with van der Waals surface area (Å²) in [6.45, 7) is 9.76. The van der Waals surface area contributed by atoms with Crippen molar-refractivity contribution in [2.24, 2.45) is 11.0 Å². The average molecular weight is 372 g/mol. The van der Waals surface area contributed by atoms with Crippen molar-refractivity contribution in [3.8, 4) is 0 Å². The molecule has 10 nitrogen and oxygen atoms in total. The minimum absolute atomic E-state index is 0.160. The van der Waals surface area contributed by atoms with Crippen LogP contribution in [0, 0.1) is 16.0 Å². The van der Waals surface area contributed by atoms with E-state index in [-0.39, 0.29) is 18.0 Å². The van der Waals surface area contributed by atoms with Crippen LogP contribution in [-0.4, -0.2) is 65.5 Å². The molecule has 2 unspecified atom stereocenters. The summed E-state index contributed by atoms with van der Waals surface area (Å²) in [5.74, 6) is -1.45. The molecular formula is C16H28N4O6. The Hall–Kier alpha value is -2.23. The number of rotatable bonds is 6. The van der Waals surface area contributed by atoms with Crippen molar-refractivity contribution < 1.29 is 24.0 Å². The smallest absolute Gasteiger partial charge is 0.428 e. The number of nitrogens with zero attached hydrogens (tertiary/aromatic N) is 3. The molecule has 0 aromatic carbocycles. The van der Waals surface area contributed by atoms with Crippen LogP contribution in [0.5, 0.6) is 0 Å². The van der Waals surface area contributed by atoms with E-state index in [0.29, 0.717) is 26.3 Å². The van der Waals surface area contributed by atoms with Crippen LogP contribution < -0.4 is 5.43 Å². The molecule has 0 saturated carbocycles. The Balaban J connectivity index is 2.98. The topological polar surface area (TPSA) is 123 Å². The molecule has 1 rings (SSSR count). The molecule has 2 amide bonds. The highest BCUT2D eigenvalue weighted by molar-refractivity contribution is 6.03. The second-order valence-corrected chi connectivity index (χ2v) is 7.04. The van der Waals surface area contributed by atoms with E-state index in [0.717, 1.165) is 0 Å². The zero-order chi connectivity index (χ0) is 19.9. The van der Waals surface area contributed by atoms with Gasteiger partial charge in [0.1, 0.15) is 11.5 Å². The maximum absolute atomic E-state index is 12.9. The lowest BCUT2D eigenvalue weighted by atomic mass is 9.92. The van der Waals surface area contributed by atoms with Crippen LogP contribution in [0.15, 0.2) is 5.10 Å². The third-order valence-electron chi connectivity index (χ3n) is 3.84. The van der Waals surface area contributed by atoms with Gasteiger partial charge in [0, 0.05) is 24.4 Å². The van der Waals surface area contributed by atoms with Crippen molar-refractivity contribution in [3.63, 3.8) is 0 Å². The van der Waals surface area contributed by atoms with E-state index in [9.17, 15) is 19.7 Å². The molecule has 1 aliphatic rings. The molecule has 1 fully saturated rings. The summed E-state index contributed by atoms with van der Waals surface area (Å²) in [6.07, 6.45) is -0.629. The summed E-state index contributed by atoms with van der Waals surface area (Å²) in [4.78, 5) is 37.1. The monoisotopic (exact) mass is 372 g/mol. The molecule has 0 aromatic rings. The Labute approximate surface area is 153 Å². The number of hydrazone groups is 1. The van der Waals surface area contributed by atoms with Gasteiger partial charge in [-0.2, -0.15) is 5.10 Å². The quantitative estimate of drug-likeness (QED) is 0.427. The lowest BCUT2D eigenvalue weighted by Gasteiger charge is -2.31. The van der Waals surface area contributed by atoms with Crippen LogP contribution in [0.25, 0.3) is 0 Å². The van der Waals surface area contributed by atoms with Crippen LogP contribution in [-0.2, 0) is 14.3 Å². The highest BCUT2D eigenvalue weighted by atomic mass is 16.6. The number of morpholine rings is 1. The number of hydrogen-bond donors (Lipinski definition) is 1. The first kappa shape index (κ1) is 21.8. The van der Waals surface area contributed by atoms with Crippen LogP contribution in [0.2, 0.25) is 0 Å². The first-order chi connectivity index (χ1) is 12.1. The van der Waals surface area contributed by atoms with Crippen LogP contribution in [0.1, 0.15) is 41.0 Å². The summed E-state index contributed by atoms with van der Waals surface area (Å²) >= 11 is 0. The normalized spacial score (nSPS) is 18.0. The molecular weight excluding hydrogens is 344 g/mol. The molecule has 0 radical (unpaired) electrons. The van der Waals surface area contributed by atoms with Crippen molar-refractivity contribution in [2.45, 2.75) is 52.7 Å². The molecule has 1 heterocycles. The van der Waals surface area contributed by atoms with E-state index in [1.54, 1.807) is 27.7 Å². The number of hydrogen-bond acceptors (Lipinski definition) is 7. The van der Waals surface area contributed by atoms with E-state index >= 15 is 0 Å². The highest BCUT2D eigenvalue weighted by Gasteiger charge is 2.41. The number of carbonyl (C=O) groups is 2. The lowest BCUT2D eigenvalue weighted by molar-refractivity contribution is -0.526. The van der Waals surface area contributed by atoms with Crippen LogP contribution in [0.4, 0.5) is 4.79 Å². The van der Waals surface area contributed by atoms with Gasteiger partial charge >= 0.3 is 6.09 Å². The van der Waals surface area contributed by atoms with Gasteiger partial charge in [0.15, 0.2) is 0 Å². The minimum Gasteiger partial charge on any atom is -0.443 e. The van der Waals surface area contributed by atoms with Gasteiger partial charge in [-0.05, 0) is 27.7 Å². The molecule has 0 aromatic heterocycles. The Morgan fingerprint density at radius 2 is 1.92 bits per heavy atom. The van der Waals surface area contributed by atoms with Crippen LogP contribution >= 0.6 is 0 Å². The Morgan fingerprint density at radius 3 is 2.38 bits per heavy atom. The molecule has 26 heavy (non-hydrogen) atoms. The molecule has 2 atom stereocenters. The van der Waals surface area contributed by atoms with Crippen molar-refractivity contribution >= 4 is 17.7 Å². The fraction of sp³-hybridized carbons (Fsp3) is 0.812. The first-order valence-corrected chi connectivity index (χ1v) is 8.60. The number of nitro groups is 1. The first-order valence-electron chi connectivity index (χ1n) is 8.60. The van der Waals surface area contributed by atoms with E-state index in [2.05, 4.69) is 10.5 Å². The van der Waals surface area contributed by atoms with Crippen LogP contribution in [0.3, 0.4) is 0 Å². The Bertz CT molecular complexity index is 551. The van der Waals surface area contributed by atoms with E-state index < -0.39 is 28.6 Å². The molecule has 0 bridgehead atoms. The predicted molar refractivity (Wildman–Crippen MR) is 94.4 cm³/mol. The predicted octanol–water partition coefficient (Wildman–Crippen LogP) is 1.42. The number of carbonyl (C=O) groups excluding carboxylic acids is 2. The summed E-state index contributed by atoms with van der Waals surface area (Å²) in [7, 11) is 0. The Morgan fingerprint density at radius 1 is 1.35 bits per heavy atom.